The molecule has 1 atom stereocenters. The van der Waals surface area contributed by atoms with E-state index in [1.54, 1.807) is 12.3 Å². The lowest BCUT2D eigenvalue weighted by Gasteiger charge is -2.42. The highest BCUT2D eigenvalue weighted by Gasteiger charge is 2.57. The monoisotopic (exact) mass is 619 g/mol. The molecule has 4 aromatic carbocycles. The Morgan fingerprint density at radius 3 is 2.39 bits per heavy atom. The van der Waals surface area contributed by atoms with Crippen molar-refractivity contribution in [2.45, 2.75) is 19.4 Å². The van der Waals surface area contributed by atoms with E-state index in [1.165, 1.54) is 11.2 Å². The predicted molar refractivity (Wildman–Crippen MR) is 180 cm³/mol. The van der Waals surface area contributed by atoms with E-state index in [1.807, 2.05) is 72.8 Å². The van der Waals surface area contributed by atoms with E-state index >= 15 is 0 Å². The molecule has 1 spiro atoms. The molecule has 4 aromatic rings. The molecule has 0 saturated heterocycles. The van der Waals surface area contributed by atoms with Crippen molar-refractivity contribution in [3.8, 4) is 17.2 Å². The number of nitrogens with two attached hydrogens (primary N) is 1. The number of hydrogen-bond donors (Lipinski definition) is 2. The molecule has 2 heterocycles. The minimum absolute atomic E-state index is 0.0161. The van der Waals surface area contributed by atoms with Crippen molar-refractivity contribution in [2.24, 2.45) is 10.1 Å². The van der Waals surface area contributed by atoms with Gasteiger partial charge in [-0.3, -0.25) is 9.79 Å². The van der Waals surface area contributed by atoms with Crippen LogP contribution in [0.4, 0.5) is 17.1 Å². The summed E-state index contributed by atoms with van der Waals surface area (Å²) in [6.07, 6.45) is 3.10. The fourth-order valence-electron chi connectivity index (χ4n) is 6.12. The highest BCUT2D eigenvalue weighted by atomic mass is 16.5. The van der Waals surface area contributed by atoms with Gasteiger partial charge in [-0.05, 0) is 56.3 Å². The number of ether oxygens (including phenoxy) is 3. The van der Waals surface area contributed by atoms with Gasteiger partial charge in [-0.25, -0.2) is 5.01 Å². The number of hydrogen-bond acceptors (Lipinski definition) is 9. The Morgan fingerprint density at radius 1 is 0.891 bits per heavy atom. The van der Waals surface area contributed by atoms with Crippen molar-refractivity contribution in [1.82, 2.24) is 5.01 Å². The zero-order chi connectivity index (χ0) is 32.1. The quantitative estimate of drug-likeness (QED) is 0.118. The van der Waals surface area contributed by atoms with Crippen LogP contribution in [0.3, 0.4) is 0 Å². The SMILES string of the molecule is CCN(CC)c1ccc2c(c1)Oc1cc(N)ccc1C21c2ccccc2C(=O)N1N=CC=Nc1ccc(OCCOCCO)cc1. The van der Waals surface area contributed by atoms with Crippen LogP contribution in [0.25, 0.3) is 0 Å². The van der Waals surface area contributed by atoms with Gasteiger partial charge in [0, 0.05) is 65.1 Å². The van der Waals surface area contributed by atoms with Gasteiger partial charge in [0.2, 0.25) is 0 Å². The number of aliphatic hydroxyl groups is 1. The number of carbonyl (C=O) groups is 1. The molecule has 2 aliphatic heterocycles. The summed E-state index contributed by atoms with van der Waals surface area (Å²) < 4.78 is 17.4. The summed E-state index contributed by atoms with van der Waals surface area (Å²) >= 11 is 0. The number of aliphatic imine (C=N–C) groups is 1. The smallest absolute Gasteiger partial charge is 0.275 e. The Balaban J connectivity index is 1.36. The fourth-order valence-corrected chi connectivity index (χ4v) is 6.12. The number of nitrogens with zero attached hydrogens (tertiary/aromatic N) is 4. The maximum atomic E-state index is 14.1. The van der Waals surface area contributed by atoms with Crippen LogP contribution in [0, 0.1) is 0 Å². The molecule has 3 N–H and O–H groups in total. The summed E-state index contributed by atoms with van der Waals surface area (Å²) in [5.41, 5.74) is 10.4. The van der Waals surface area contributed by atoms with Crippen LogP contribution in [-0.4, -0.2) is 68.0 Å². The molecule has 6 rings (SSSR count). The summed E-state index contributed by atoms with van der Waals surface area (Å²) in [5, 5.41) is 15.1. The molecule has 0 bridgehead atoms. The van der Waals surface area contributed by atoms with Gasteiger partial charge < -0.3 is 30.0 Å². The minimum atomic E-state index is -1.09. The Bertz CT molecular complexity index is 1770. The van der Waals surface area contributed by atoms with Gasteiger partial charge in [0.05, 0.1) is 31.7 Å². The zero-order valence-electron chi connectivity index (χ0n) is 25.9. The Morgan fingerprint density at radius 2 is 1.63 bits per heavy atom. The maximum Gasteiger partial charge on any atom is 0.275 e. The largest absolute Gasteiger partial charge is 0.491 e. The van der Waals surface area contributed by atoms with Crippen molar-refractivity contribution in [1.29, 1.82) is 0 Å². The van der Waals surface area contributed by atoms with Gasteiger partial charge in [-0.15, -0.1) is 0 Å². The summed E-state index contributed by atoms with van der Waals surface area (Å²) in [4.78, 5) is 20.9. The van der Waals surface area contributed by atoms with Gasteiger partial charge in [0.1, 0.15) is 29.4 Å². The van der Waals surface area contributed by atoms with E-state index in [0.717, 1.165) is 35.5 Å². The number of benzene rings is 4. The number of amides is 1. The molecule has 0 saturated carbocycles. The molecule has 1 amide bonds. The molecule has 10 heteroatoms. The summed E-state index contributed by atoms with van der Waals surface area (Å²) in [7, 11) is 0. The summed E-state index contributed by atoms with van der Waals surface area (Å²) in [6.45, 7) is 6.96. The van der Waals surface area contributed by atoms with Gasteiger partial charge >= 0.3 is 0 Å². The van der Waals surface area contributed by atoms with E-state index < -0.39 is 5.54 Å². The van der Waals surface area contributed by atoms with E-state index in [4.69, 9.17) is 30.2 Å². The first-order chi connectivity index (χ1) is 22.5. The van der Waals surface area contributed by atoms with Gasteiger partial charge in [0.25, 0.3) is 5.91 Å². The van der Waals surface area contributed by atoms with Gasteiger partial charge in [0.15, 0.2) is 0 Å². The second-order valence-corrected chi connectivity index (χ2v) is 10.8. The second-order valence-electron chi connectivity index (χ2n) is 10.8. The average molecular weight is 620 g/mol. The number of nitrogen functional groups attached to an aromatic ring is 1. The number of fused-ring (bicyclic) bond motifs is 6. The minimum Gasteiger partial charge on any atom is -0.491 e. The third kappa shape index (κ3) is 5.57. The number of hydrazone groups is 1. The highest BCUT2D eigenvalue weighted by molar-refractivity contribution is 6.17. The molecule has 1 unspecified atom stereocenters. The number of aliphatic hydroxyl groups excluding tert-OH is 1. The standard InChI is InChI=1S/C36H37N5O5/c1-3-40(4-2)27-12-16-32-34(24-27)46-33-23-25(37)9-15-31(33)36(32)30-8-6-5-7-29(30)35(43)41(36)39-18-17-38-26-10-13-28(14-11-26)45-22-21-44-20-19-42/h5-18,23-24,42H,3-4,19-22,37H2,1-2H3. The topological polar surface area (TPSA) is 122 Å². The first-order valence-electron chi connectivity index (χ1n) is 15.4. The van der Waals surface area contributed by atoms with Crippen LogP contribution >= 0.6 is 0 Å². The van der Waals surface area contributed by atoms with Crippen LogP contribution in [0.15, 0.2) is 95.0 Å². The zero-order valence-corrected chi connectivity index (χ0v) is 25.9. The first-order valence-corrected chi connectivity index (χ1v) is 15.4. The molecular formula is C36H37N5O5. The van der Waals surface area contributed by atoms with E-state index in [9.17, 15) is 4.79 Å². The third-order valence-electron chi connectivity index (χ3n) is 8.20. The number of rotatable bonds is 12. The lowest BCUT2D eigenvalue weighted by Crippen LogP contribution is -2.44. The molecule has 236 valence electrons. The maximum absolute atomic E-state index is 14.1. The van der Waals surface area contributed by atoms with Crippen LogP contribution in [-0.2, 0) is 10.3 Å². The van der Waals surface area contributed by atoms with Crippen molar-refractivity contribution in [3.05, 3.63) is 107 Å². The van der Waals surface area contributed by atoms with Crippen molar-refractivity contribution in [2.75, 3.05) is 50.2 Å². The number of carbonyl (C=O) groups excluding carboxylic acids is 1. The summed E-state index contributed by atoms with van der Waals surface area (Å²) in [6, 6.07) is 26.6. The fraction of sp³-hybridized carbons (Fsp3) is 0.250. The van der Waals surface area contributed by atoms with Gasteiger partial charge in [-0.1, -0.05) is 30.3 Å². The average Bonchev–Trinajstić information content (AvgIpc) is 3.31. The lowest BCUT2D eigenvalue weighted by molar-refractivity contribution is 0.0675. The highest BCUT2D eigenvalue weighted by Crippen LogP contribution is 2.58. The van der Waals surface area contributed by atoms with Crippen LogP contribution < -0.4 is 20.1 Å². The molecular weight excluding hydrogens is 582 g/mol. The van der Waals surface area contributed by atoms with Gasteiger partial charge in [-0.2, -0.15) is 5.10 Å². The number of anilines is 2. The van der Waals surface area contributed by atoms with Crippen molar-refractivity contribution < 1.29 is 24.1 Å². The molecule has 0 radical (unpaired) electrons. The van der Waals surface area contributed by atoms with Crippen LogP contribution in [0.1, 0.15) is 40.9 Å². The molecule has 10 nitrogen and oxygen atoms in total. The van der Waals surface area contributed by atoms with Crippen LogP contribution in [0.5, 0.6) is 17.2 Å². The van der Waals surface area contributed by atoms with Crippen LogP contribution in [0.2, 0.25) is 0 Å². The summed E-state index contributed by atoms with van der Waals surface area (Å²) in [5.74, 6) is 1.67. The Hall–Kier alpha value is -5.19. The van der Waals surface area contributed by atoms with Crippen molar-refractivity contribution in [3.63, 3.8) is 0 Å². The Kier molecular flexibility index (Phi) is 9.00. The Labute approximate surface area is 268 Å². The van der Waals surface area contributed by atoms with E-state index in [0.29, 0.717) is 47.4 Å². The first kappa shape index (κ1) is 30.8. The third-order valence-corrected chi connectivity index (χ3v) is 8.20. The normalized spacial score (nSPS) is 16.5. The van der Waals surface area contributed by atoms with Crippen molar-refractivity contribution >= 4 is 35.4 Å². The molecule has 46 heavy (non-hydrogen) atoms. The molecule has 0 aromatic heterocycles. The predicted octanol–water partition coefficient (Wildman–Crippen LogP) is 5.74. The van der Waals surface area contributed by atoms with E-state index in [-0.39, 0.29) is 19.1 Å². The lowest BCUT2D eigenvalue weighted by atomic mass is 9.75. The second kappa shape index (κ2) is 13.4. The van der Waals surface area contributed by atoms with E-state index in [2.05, 4.69) is 29.8 Å². The molecule has 0 aliphatic carbocycles. The molecule has 2 aliphatic rings. The molecule has 0 fully saturated rings.